The van der Waals surface area contributed by atoms with Gasteiger partial charge in [-0.2, -0.15) is 0 Å². The summed E-state index contributed by atoms with van der Waals surface area (Å²) in [6.45, 7) is 6.22. The van der Waals surface area contributed by atoms with Crippen molar-refractivity contribution in [3.05, 3.63) is 60.2 Å². The zero-order chi connectivity index (χ0) is 25.2. The standard InChI is InChI=1S/C26H30FN7O2/c1-16(2)23-25(35)28-13-17-14-34(26(36)30-21-10-6-4-8-19(21)27)12-11-33(17)15-22-29-20-9-5-3-7-18(20)24(31-22)32-23/h3-10,16-17,23H,11-15H2,1-2H3,(H,28,35)(H,30,36)(H,29,31,32)/t17?,23-/m0/s1. The zero-order valence-corrected chi connectivity index (χ0v) is 20.4. The van der Waals surface area contributed by atoms with E-state index in [0.29, 0.717) is 44.4 Å². The Morgan fingerprint density at radius 1 is 1.11 bits per heavy atom. The third-order valence-electron chi connectivity index (χ3n) is 6.75. The number of benzene rings is 2. The molecule has 2 aliphatic rings. The molecule has 1 unspecified atom stereocenters. The van der Waals surface area contributed by atoms with Gasteiger partial charge in [0, 0.05) is 37.6 Å². The third kappa shape index (κ3) is 4.94. The van der Waals surface area contributed by atoms with E-state index in [9.17, 15) is 14.0 Å². The second-order valence-electron chi connectivity index (χ2n) is 9.60. The van der Waals surface area contributed by atoms with Gasteiger partial charge in [0.25, 0.3) is 0 Å². The van der Waals surface area contributed by atoms with Crippen LogP contribution in [0, 0.1) is 11.7 Å². The van der Waals surface area contributed by atoms with E-state index in [1.807, 2.05) is 38.1 Å². The molecule has 2 aromatic carbocycles. The highest BCUT2D eigenvalue weighted by Gasteiger charge is 2.33. The molecule has 2 bridgehead atoms. The SMILES string of the molecule is CC(C)[C@@H]1Nc2nc(nc3ccccc23)CN2CCN(C(=O)Nc3ccccc3F)CC2CNC1=O. The molecule has 0 aliphatic carbocycles. The minimum absolute atomic E-state index is 0.0217. The molecular formula is C26H30FN7O2. The molecule has 0 radical (unpaired) electrons. The van der Waals surface area contributed by atoms with Gasteiger partial charge in [-0.15, -0.1) is 0 Å². The number of anilines is 2. The van der Waals surface area contributed by atoms with Crippen LogP contribution in [0.4, 0.5) is 20.7 Å². The van der Waals surface area contributed by atoms with E-state index in [4.69, 9.17) is 9.97 Å². The summed E-state index contributed by atoms with van der Waals surface area (Å²) in [7, 11) is 0. The van der Waals surface area contributed by atoms with E-state index in [2.05, 4.69) is 20.9 Å². The molecule has 1 fully saturated rings. The van der Waals surface area contributed by atoms with Crippen molar-refractivity contribution in [2.45, 2.75) is 32.5 Å². The molecule has 3 aromatic rings. The third-order valence-corrected chi connectivity index (χ3v) is 6.75. The lowest BCUT2D eigenvalue weighted by Gasteiger charge is -2.41. The lowest BCUT2D eigenvalue weighted by atomic mass is 10.0. The molecule has 10 heteroatoms. The molecule has 3 amide bonds. The van der Waals surface area contributed by atoms with Gasteiger partial charge in [0.2, 0.25) is 5.91 Å². The lowest BCUT2D eigenvalue weighted by molar-refractivity contribution is -0.123. The molecule has 0 saturated carbocycles. The van der Waals surface area contributed by atoms with Crippen LogP contribution in [0.2, 0.25) is 0 Å². The Kier molecular flexibility index (Phi) is 6.69. The summed E-state index contributed by atoms with van der Waals surface area (Å²) in [5.74, 6) is 0.716. The van der Waals surface area contributed by atoms with Gasteiger partial charge in [-0.25, -0.2) is 19.2 Å². The summed E-state index contributed by atoms with van der Waals surface area (Å²) in [5, 5.41) is 9.96. The molecule has 5 rings (SSSR count). The van der Waals surface area contributed by atoms with Crippen molar-refractivity contribution in [3.8, 4) is 0 Å². The smallest absolute Gasteiger partial charge is 0.322 e. The number of nitrogens with zero attached hydrogens (tertiary/aromatic N) is 4. The second-order valence-corrected chi connectivity index (χ2v) is 9.60. The van der Waals surface area contributed by atoms with Crippen molar-refractivity contribution in [2.24, 2.45) is 5.92 Å². The summed E-state index contributed by atoms with van der Waals surface area (Å²) in [6, 6.07) is 12.8. The number of aromatic nitrogens is 2. The normalized spacial score (nSPS) is 20.8. The Hall–Kier alpha value is -3.79. The maximum atomic E-state index is 14.1. The predicted molar refractivity (Wildman–Crippen MR) is 136 cm³/mol. The van der Waals surface area contributed by atoms with Crippen molar-refractivity contribution in [2.75, 3.05) is 36.8 Å². The van der Waals surface area contributed by atoms with Crippen LogP contribution in [0.25, 0.3) is 10.9 Å². The number of hydrogen-bond acceptors (Lipinski definition) is 6. The van der Waals surface area contributed by atoms with Gasteiger partial charge < -0.3 is 20.9 Å². The zero-order valence-electron chi connectivity index (χ0n) is 20.4. The fourth-order valence-electron chi connectivity index (χ4n) is 4.73. The van der Waals surface area contributed by atoms with E-state index in [1.165, 1.54) is 12.1 Å². The summed E-state index contributed by atoms with van der Waals surface area (Å²) in [5.41, 5.74) is 0.954. The number of hydrogen-bond donors (Lipinski definition) is 3. The summed E-state index contributed by atoms with van der Waals surface area (Å²) < 4.78 is 14.1. The minimum Gasteiger partial charge on any atom is -0.358 e. The monoisotopic (exact) mass is 491 g/mol. The second kappa shape index (κ2) is 10.1. The van der Waals surface area contributed by atoms with Gasteiger partial charge in [-0.1, -0.05) is 38.1 Å². The number of piperazine rings is 1. The topological polar surface area (TPSA) is 102 Å². The number of urea groups is 1. The summed E-state index contributed by atoms with van der Waals surface area (Å²) >= 11 is 0. The van der Waals surface area contributed by atoms with Crippen LogP contribution in [-0.2, 0) is 11.3 Å². The molecule has 3 N–H and O–H groups in total. The minimum atomic E-state index is -0.483. The van der Waals surface area contributed by atoms with Crippen LogP contribution in [0.15, 0.2) is 48.5 Å². The maximum absolute atomic E-state index is 14.1. The first-order valence-corrected chi connectivity index (χ1v) is 12.2. The van der Waals surface area contributed by atoms with Gasteiger partial charge >= 0.3 is 6.03 Å². The van der Waals surface area contributed by atoms with Gasteiger partial charge in [0.05, 0.1) is 17.7 Å². The van der Waals surface area contributed by atoms with E-state index < -0.39 is 11.9 Å². The molecular weight excluding hydrogens is 461 g/mol. The maximum Gasteiger partial charge on any atom is 0.322 e. The number of rotatable bonds is 2. The van der Waals surface area contributed by atoms with Crippen molar-refractivity contribution < 1.29 is 14.0 Å². The Morgan fingerprint density at radius 3 is 2.69 bits per heavy atom. The highest BCUT2D eigenvalue weighted by atomic mass is 19.1. The lowest BCUT2D eigenvalue weighted by Crippen LogP contribution is -2.59. The Balaban J connectivity index is 1.42. The molecule has 1 aromatic heterocycles. The van der Waals surface area contributed by atoms with Crippen molar-refractivity contribution in [1.29, 1.82) is 0 Å². The highest BCUT2D eigenvalue weighted by molar-refractivity contribution is 5.92. The first-order valence-electron chi connectivity index (χ1n) is 12.2. The molecule has 188 valence electrons. The Morgan fingerprint density at radius 2 is 1.89 bits per heavy atom. The summed E-state index contributed by atoms with van der Waals surface area (Å²) in [4.78, 5) is 39.6. The number of carbonyl (C=O) groups excluding carboxylic acids is 2. The number of carbonyl (C=O) groups is 2. The largest absolute Gasteiger partial charge is 0.358 e. The Labute approximate surface area is 209 Å². The van der Waals surface area contributed by atoms with E-state index in [0.717, 1.165) is 10.9 Å². The number of amides is 3. The molecule has 3 heterocycles. The van der Waals surface area contributed by atoms with Crippen LogP contribution in [0.1, 0.15) is 19.7 Å². The molecule has 9 nitrogen and oxygen atoms in total. The Bertz CT molecular complexity index is 1280. The quantitative estimate of drug-likeness (QED) is 0.509. The van der Waals surface area contributed by atoms with Gasteiger partial charge in [0.15, 0.2) is 0 Å². The number of halogens is 1. The number of nitrogens with one attached hydrogen (secondary N) is 3. The fourth-order valence-corrected chi connectivity index (χ4v) is 4.73. The molecule has 1 saturated heterocycles. The highest BCUT2D eigenvalue weighted by Crippen LogP contribution is 2.24. The number of para-hydroxylation sites is 2. The van der Waals surface area contributed by atoms with Crippen molar-refractivity contribution in [1.82, 2.24) is 25.1 Å². The first-order chi connectivity index (χ1) is 17.4. The van der Waals surface area contributed by atoms with Gasteiger partial charge in [0.1, 0.15) is 23.5 Å². The van der Waals surface area contributed by atoms with E-state index >= 15 is 0 Å². The van der Waals surface area contributed by atoms with Crippen LogP contribution in [-0.4, -0.2) is 70.0 Å². The predicted octanol–water partition coefficient (Wildman–Crippen LogP) is 3.05. The fraction of sp³-hybridized carbons (Fsp3) is 0.385. The van der Waals surface area contributed by atoms with Crippen LogP contribution >= 0.6 is 0 Å². The van der Waals surface area contributed by atoms with Crippen molar-refractivity contribution >= 4 is 34.3 Å². The van der Waals surface area contributed by atoms with Crippen LogP contribution in [0.3, 0.4) is 0 Å². The molecule has 36 heavy (non-hydrogen) atoms. The van der Waals surface area contributed by atoms with Crippen molar-refractivity contribution in [3.63, 3.8) is 0 Å². The van der Waals surface area contributed by atoms with Crippen LogP contribution in [0.5, 0.6) is 0 Å². The van der Waals surface area contributed by atoms with Gasteiger partial charge in [-0.3, -0.25) is 9.69 Å². The van der Waals surface area contributed by atoms with E-state index in [1.54, 1.807) is 17.0 Å². The molecule has 0 spiro atoms. The number of fused-ring (bicyclic) bond motifs is 5. The molecule has 2 atom stereocenters. The van der Waals surface area contributed by atoms with Gasteiger partial charge in [-0.05, 0) is 30.2 Å². The first kappa shape index (κ1) is 23.9. The average molecular weight is 492 g/mol. The summed E-state index contributed by atoms with van der Waals surface area (Å²) in [6.07, 6.45) is 0. The van der Waals surface area contributed by atoms with Crippen LogP contribution < -0.4 is 16.0 Å². The molecule has 2 aliphatic heterocycles. The average Bonchev–Trinajstić information content (AvgIpc) is 2.89. The van der Waals surface area contributed by atoms with E-state index in [-0.39, 0.29) is 29.6 Å².